The van der Waals surface area contributed by atoms with Gasteiger partial charge in [-0.1, -0.05) is 19.9 Å². The van der Waals surface area contributed by atoms with Gasteiger partial charge in [0.2, 0.25) is 6.41 Å². The van der Waals surface area contributed by atoms with Crippen LogP contribution in [0.1, 0.15) is 43.4 Å². The normalized spacial score (nSPS) is 17.5. The summed E-state index contributed by atoms with van der Waals surface area (Å²) >= 11 is 0. The molecule has 1 aliphatic rings. The smallest absolute Gasteiger partial charge is 0.211 e. The van der Waals surface area contributed by atoms with E-state index in [0.717, 1.165) is 43.0 Å². The molecule has 2 aromatic rings. The van der Waals surface area contributed by atoms with Crippen LogP contribution in [-0.4, -0.2) is 29.5 Å². The Bertz CT molecular complexity index is 672. The van der Waals surface area contributed by atoms with Gasteiger partial charge in [0.05, 0.1) is 17.1 Å². The lowest BCUT2D eigenvalue weighted by Crippen LogP contribution is -2.21. The first kappa shape index (κ1) is 15.5. The number of aromatic nitrogens is 2. The molecule has 5 heteroatoms. The standard InChI is InChI=1S/C18H22N4O/c1-13(2)14-3-4-16(21-12-23)18(9-14)22-8-5-15(11-22)17-10-19-6-7-20-17/h3-4,6-7,9-10,12-13,15H,5,8,11H2,1-2H3,(H,21,23). The molecular formula is C18H22N4O. The predicted molar refractivity (Wildman–Crippen MR) is 91.8 cm³/mol. The summed E-state index contributed by atoms with van der Waals surface area (Å²) in [5, 5.41) is 2.82. The molecule has 1 fully saturated rings. The van der Waals surface area contributed by atoms with Crippen LogP contribution in [0.15, 0.2) is 36.8 Å². The van der Waals surface area contributed by atoms with Gasteiger partial charge < -0.3 is 10.2 Å². The van der Waals surface area contributed by atoms with E-state index >= 15 is 0 Å². The van der Waals surface area contributed by atoms with Gasteiger partial charge in [-0.05, 0) is 30.0 Å². The summed E-state index contributed by atoms with van der Waals surface area (Å²) in [6, 6.07) is 6.26. The number of carbonyl (C=O) groups is 1. The maximum atomic E-state index is 10.9. The molecule has 1 aromatic carbocycles. The Morgan fingerprint density at radius 2 is 2.22 bits per heavy atom. The molecule has 1 amide bonds. The van der Waals surface area contributed by atoms with Crippen molar-refractivity contribution in [1.82, 2.24) is 9.97 Å². The molecule has 0 aliphatic carbocycles. The minimum Gasteiger partial charge on any atom is -0.369 e. The average Bonchev–Trinajstić information content (AvgIpc) is 3.06. The molecule has 23 heavy (non-hydrogen) atoms. The number of hydrogen-bond donors (Lipinski definition) is 1. The van der Waals surface area contributed by atoms with Gasteiger partial charge in [0, 0.05) is 37.6 Å². The van der Waals surface area contributed by atoms with Gasteiger partial charge in [-0.3, -0.25) is 14.8 Å². The zero-order valence-electron chi connectivity index (χ0n) is 13.6. The van der Waals surface area contributed by atoms with Crippen LogP contribution in [0.3, 0.4) is 0 Å². The summed E-state index contributed by atoms with van der Waals surface area (Å²) in [6.07, 6.45) is 7.09. The Morgan fingerprint density at radius 3 is 2.91 bits per heavy atom. The SMILES string of the molecule is CC(C)c1ccc(NC=O)c(N2CCC(c3cnccn3)C2)c1. The van der Waals surface area contributed by atoms with E-state index in [1.165, 1.54) is 5.56 Å². The number of nitrogens with zero attached hydrogens (tertiary/aromatic N) is 3. The van der Waals surface area contributed by atoms with E-state index in [9.17, 15) is 4.79 Å². The first-order valence-electron chi connectivity index (χ1n) is 8.04. The van der Waals surface area contributed by atoms with Crippen molar-refractivity contribution in [3.05, 3.63) is 48.0 Å². The van der Waals surface area contributed by atoms with E-state index < -0.39 is 0 Å². The topological polar surface area (TPSA) is 58.1 Å². The minimum absolute atomic E-state index is 0.385. The summed E-state index contributed by atoms with van der Waals surface area (Å²) in [5.41, 5.74) is 4.28. The summed E-state index contributed by atoms with van der Waals surface area (Å²) in [7, 11) is 0. The van der Waals surface area contributed by atoms with Gasteiger partial charge in [-0.25, -0.2) is 0 Å². The van der Waals surface area contributed by atoms with Gasteiger partial charge in [0.1, 0.15) is 0 Å². The molecule has 5 nitrogen and oxygen atoms in total. The molecule has 0 bridgehead atoms. The zero-order valence-corrected chi connectivity index (χ0v) is 13.6. The second-order valence-corrected chi connectivity index (χ2v) is 6.26. The van der Waals surface area contributed by atoms with Crippen LogP contribution in [0.2, 0.25) is 0 Å². The summed E-state index contributed by atoms with van der Waals surface area (Å²) in [5.74, 6) is 0.841. The van der Waals surface area contributed by atoms with Crippen molar-refractivity contribution in [2.75, 3.05) is 23.3 Å². The molecule has 1 aromatic heterocycles. The lowest BCUT2D eigenvalue weighted by molar-refractivity contribution is -0.105. The van der Waals surface area contributed by atoms with Crippen molar-refractivity contribution in [2.45, 2.75) is 32.1 Å². The first-order chi connectivity index (χ1) is 11.2. The third-order valence-electron chi connectivity index (χ3n) is 4.43. The third kappa shape index (κ3) is 3.33. The first-order valence-corrected chi connectivity index (χ1v) is 8.04. The Morgan fingerprint density at radius 1 is 1.35 bits per heavy atom. The van der Waals surface area contributed by atoms with Crippen molar-refractivity contribution in [1.29, 1.82) is 0 Å². The summed E-state index contributed by atoms with van der Waals surface area (Å²) < 4.78 is 0. The Kier molecular flexibility index (Phi) is 4.55. The quantitative estimate of drug-likeness (QED) is 0.862. The van der Waals surface area contributed by atoms with Crippen LogP contribution in [0.4, 0.5) is 11.4 Å². The molecule has 0 radical (unpaired) electrons. The number of benzene rings is 1. The van der Waals surface area contributed by atoms with Gasteiger partial charge in [-0.2, -0.15) is 0 Å². The molecule has 1 unspecified atom stereocenters. The summed E-state index contributed by atoms with van der Waals surface area (Å²) in [6.45, 7) is 6.21. The number of carbonyl (C=O) groups excluding carboxylic acids is 1. The van der Waals surface area contributed by atoms with Gasteiger partial charge in [0.15, 0.2) is 0 Å². The number of nitrogens with one attached hydrogen (secondary N) is 1. The van der Waals surface area contributed by atoms with E-state index in [-0.39, 0.29) is 0 Å². The van der Waals surface area contributed by atoms with Crippen molar-refractivity contribution in [2.24, 2.45) is 0 Å². The Hall–Kier alpha value is -2.43. The minimum atomic E-state index is 0.385. The highest BCUT2D eigenvalue weighted by Gasteiger charge is 2.26. The van der Waals surface area contributed by atoms with Gasteiger partial charge in [0.25, 0.3) is 0 Å². The molecule has 1 atom stereocenters. The van der Waals surface area contributed by atoms with E-state index in [2.05, 4.69) is 46.2 Å². The maximum Gasteiger partial charge on any atom is 0.211 e. The van der Waals surface area contributed by atoms with Crippen LogP contribution >= 0.6 is 0 Å². The molecule has 1 aliphatic heterocycles. The Labute approximate surface area is 136 Å². The molecule has 1 saturated heterocycles. The van der Waals surface area contributed by atoms with Crippen molar-refractivity contribution in [3.8, 4) is 0 Å². The molecule has 0 saturated carbocycles. The van der Waals surface area contributed by atoms with E-state index in [0.29, 0.717) is 11.8 Å². The van der Waals surface area contributed by atoms with Crippen LogP contribution in [0.25, 0.3) is 0 Å². The van der Waals surface area contributed by atoms with Gasteiger partial charge >= 0.3 is 0 Å². The lowest BCUT2D eigenvalue weighted by Gasteiger charge is -2.23. The second-order valence-electron chi connectivity index (χ2n) is 6.26. The number of hydrogen-bond acceptors (Lipinski definition) is 4. The van der Waals surface area contributed by atoms with Crippen LogP contribution < -0.4 is 10.2 Å². The van der Waals surface area contributed by atoms with Crippen molar-refractivity contribution in [3.63, 3.8) is 0 Å². The average molecular weight is 310 g/mol. The largest absolute Gasteiger partial charge is 0.369 e. The summed E-state index contributed by atoms with van der Waals surface area (Å²) in [4.78, 5) is 21.8. The van der Waals surface area contributed by atoms with Crippen LogP contribution in [0.5, 0.6) is 0 Å². The monoisotopic (exact) mass is 310 g/mol. The number of amides is 1. The number of anilines is 2. The van der Waals surface area contributed by atoms with Crippen molar-refractivity contribution < 1.29 is 4.79 Å². The fourth-order valence-corrected chi connectivity index (χ4v) is 3.10. The van der Waals surface area contributed by atoms with E-state index in [1.807, 2.05) is 12.3 Å². The van der Waals surface area contributed by atoms with Crippen molar-refractivity contribution >= 4 is 17.8 Å². The fraction of sp³-hybridized carbons (Fsp3) is 0.389. The molecular weight excluding hydrogens is 288 g/mol. The molecule has 2 heterocycles. The lowest BCUT2D eigenvalue weighted by atomic mass is 10.0. The maximum absolute atomic E-state index is 10.9. The molecule has 0 spiro atoms. The zero-order chi connectivity index (χ0) is 16.2. The van der Waals surface area contributed by atoms with Crippen LogP contribution in [0, 0.1) is 0 Å². The Balaban J connectivity index is 1.86. The van der Waals surface area contributed by atoms with E-state index in [4.69, 9.17) is 0 Å². The second kappa shape index (κ2) is 6.77. The number of rotatable bonds is 5. The predicted octanol–water partition coefficient (Wildman–Crippen LogP) is 3.16. The molecule has 120 valence electrons. The molecule has 1 N–H and O–H groups in total. The third-order valence-corrected chi connectivity index (χ3v) is 4.43. The highest BCUT2D eigenvalue weighted by Crippen LogP contribution is 2.35. The fourth-order valence-electron chi connectivity index (χ4n) is 3.10. The highest BCUT2D eigenvalue weighted by molar-refractivity contribution is 5.82. The highest BCUT2D eigenvalue weighted by atomic mass is 16.1. The molecule has 3 rings (SSSR count). The van der Waals surface area contributed by atoms with E-state index in [1.54, 1.807) is 12.4 Å². The van der Waals surface area contributed by atoms with Gasteiger partial charge in [-0.15, -0.1) is 0 Å². The van der Waals surface area contributed by atoms with Crippen LogP contribution in [-0.2, 0) is 4.79 Å².